The van der Waals surface area contributed by atoms with Crippen LogP contribution in [0.25, 0.3) is 5.69 Å². The molecule has 1 N–H and O–H groups in total. The predicted octanol–water partition coefficient (Wildman–Crippen LogP) is 3.77. The van der Waals surface area contributed by atoms with Crippen LogP contribution in [0.5, 0.6) is 11.5 Å². The van der Waals surface area contributed by atoms with Gasteiger partial charge in [-0.1, -0.05) is 36.4 Å². The molecule has 4 aromatic rings. The maximum Gasteiger partial charge on any atom is 0.228 e. The molecule has 0 atom stereocenters. The summed E-state index contributed by atoms with van der Waals surface area (Å²) >= 11 is 0. The normalized spacial score (nSPS) is 10.5. The zero-order valence-corrected chi connectivity index (χ0v) is 15.2. The summed E-state index contributed by atoms with van der Waals surface area (Å²) in [6.07, 6.45) is 1.56. The highest BCUT2D eigenvalue weighted by Crippen LogP contribution is 2.31. The Morgan fingerprint density at radius 3 is 2.52 bits per heavy atom. The molecular weight excluding hydrogens is 373 g/mol. The number of nitrogens with zero attached hydrogens (tertiary/aromatic N) is 4. The van der Waals surface area contributed by atoms with Gasteiger partial charge in [-0.05, 0) is 52.4 Å². The van der Waals surface area contributed by atoms with Crippen LogP contribution in [0.3, 0.4) is 0 Å². The molecule has 0 aliphatic heterocycles. The number of para-hydroxylation sites is 2. The minimum Gasteiger partial charge on any atom is -0.455 e. The molecule has 0 unspecified atom stereocenters. The molecule has 0 spiro atoms. The Balaban J connectivity index is 1.47. The van der Waals surface area contributed by atoms with E-state index in [0.717, 1.165) is 11.3 Å². The van der Waals surface area contributed by atoms with Crippen molar-refractivity contribution in [3.8, 4) is 17.2 Å². The largest absolute Gasteiger partial charge is 0.455 e. The number of amides is 1. The summed E-state index contributed by atoms with van der Waals surface area (Å²) in [6, 6.07) is 20.6. The first-order chi connectivity index (χ1) is 14.2. The maximum absolute atomic E-state index is 14.3. The average Bonchev–Trinajstić information content (AvgIpc) is 3.27. The molecule has 144 valence electrons. The molecule has 4 rings (SSSR count). The number of tetrazole rings is 1. The number of aromatic nitrogens is 4. The van der Waals surface area contributed by atoms with Gasteiger partial charge in [0.05, 0.1) is 12.1 Å². The molecule has 0 saturated heterocycles. The minimum atomic E-state index is -0.569. The lowest BCUT2D eigenvalue weighted by Gasteiger charge is -2.13. The molecule has 0 aliphatic rings. The van der Waals surface area contributed by atoms with Gasteiger partial charge in [-0.15, -0.1) is 5.10 Å². The Kier molecular flexibility index (Phi) is 5.24. The van der Waals surface area contributed by atoms with Crippen molar-refractivity contribution < 1.29 is 13.9 Å². The van der Waals surface area contributed by atoms with E-state index in [4.69, 9.17) is 4.74 Å². The Labute approximate surface area is 165 Å². The lowest BCUT2D eigenvalue weighted by atomic mass is 10.1. The van der Waals surface area contributed by atoms with Crippen molar-refractivity contribution in [3.63, 3.8) is 0 Å². The summed E-state index contributed by atoms with van der Waals surface area (Å²) in [5.41, 5.74) is 1.54. The first-order valence-corrected chi connectivity index (χ1v) is 8.82. The molecule has 0 fully saturated rings. The van der Waals surface area contributed by atoms with Gasteiger partial charge in [0.25, 0.3) is 0 Å². The Morgan fingerprint density at radius 1 is 1.00 bits per heavy atom. The van der Waals surface area contributed by atoms with E-state index in [1.54, 1.807) is 42.5 Å². The number of nitrogens with one attached hydrogen (secondary N) is 1. The van der Waals surface area contributed by atoms with Gasteiger partial charge < -0.3 is 10.1 Å². The molecule has 29 heavy (non-hydrogen) atoms. The second kappa shape index (κ2) is 8.30. The molecule has 3 aromatic carbocycles. The number of benzene rings is 3. The van der Waals surface area contributed by atoms with Crippen LogP contribution >= 0.6 is 0 Å². The third-order valence-electron chi connectivity index (χ3n) is 4.13. The first kappa shape index (κ1) is 18.3. The number of carbonyl (C=O) groups excluding carboxylic acids is 1. The smallest absolute Gasteiger partial charge is 0.228 e. The van der Waals surface area contributed by atoms with Crippen molar-refractivity contribution in [2.75, 3.05) is 5.32 Å². The fourth-order valence-corrected chi connectivity index (χ4v) is 2.74. The highest BCUT2D eigenvalue weighted by Gasteiger charge is 2.14. The fourth-order valence-electron chi connectivity index (χ4n) is 2.74. The van der Waals surface area contributed by atoms with Gasteiger partial charge in [-0.3, -0.25) is 4.79 Å². The number of carbonyl (C=O) groups is 1. The average molecular weight is 389 g/mol. The zero-order chi connectivity index (χ0) is 20.1. The van der Waals surface area contributed by atoms with Crippen LogP contribution in [0.15, 0.2) is 79.1 Å². The number of hydrogen-bond donors (Lipinski definition) is 1. The molecule has 0 aliphatic carbocycles. The van der Waals surface area contributed by atoms with E-state index in [-0.39, 0.29) is 23.8 Å². The van der Waals surface area contributed by atoms with Crippen LogP contribution in [0, 0.1) is 5.82 Å². The molecule has 0 radical (unpaired) electrons. The van der Waals surface area contributed by atoms with Crippen LogP contribution in [-0.4, -0.2) is 26.1 Å². The van der Waals surface area contributed by atoms with Gasteiger partial charge in [-0.25, -0.2) is 9.07 Å². The number of ether oxygens (including phenoxy) is 1. The van der Waals surface area contributed by atoms with Crippen molar-refractivity contribution in [2.45, 2.75) is 6.42 Å². The van der Waals surface area contributed by atoms with E-state index in [1.807, 2.05) is 18.2 Å². The van der Waals surface area contributed by atoms with Gasteiger partial charge in [0, 0.05) is 0 Å². The second-order valence-corrected chi connectivity index (χ2v) is 6.17. The lowest BCUT2D eigenvalue weighted by Crippen LogP contribution is -2.16. The fraction of sp³-hybridized carbons (Fsp3) is 0.0476. The van der Waals surface area contributed by atoms with E-state index in [0.29, 0.717) is 5.75 Å². The van der Waals surface area contributed by atoms with Crippen molar-refractivity contribution in [2.24, 2.45) is 0 Å². The zero-order valence-electron chi connectivity index (χ0n) is 15.2. The van der Waals surface area contributed by atoms with E-state index in [2.05, 4.69) is 20.8 Å². The lowest BCUT2D eigenvalue weighted by molar-refractivity contribution is -0.115. The summed E-state index contributed by atoms with van der Waals surface area (Å²) in [4.78, 5) is 12.5. The van der Waals surface area contributed by atoms with Crippen LogP contribution < -0.4 is 10.1 Å². The molecule has 1 heterocycles. The molecule has 0 bridgehead atoms. The quantitative estimate of drug-likeness (QED) is 0.543. The number of hydrogen-bond acceptors (Lipinski definition) is 5. The van der Waals surface area contributed by atoms with Crippen LogP contribution in [0.1, 0.15) is 5.56 Å². The van der Waals surface area contributed by atoms with Crippen LogP contribution in [-0.2, 0) is 11.2 Å². The van der Waals surface area contributed by atoms with Crippen molar-refractivity contribution >= 4 is 11.6 Å². The van der Waals surface area contributed by atoms with Crippen molar-refractivity contribution in [1.82, 2.24) is 20.2 Å². The van der Waals surface area contributed by atoms with E-state index in [9.17, 15) is 9.18 Å². The van der Waals surface area contributed by atoms with Crippen molar-refractivity contribution in [1.29, 1.82) is 0 Å². The summed E-state index contributed by atoms with van der Waals surface area (Å²) in [6.45, 7) is 0. The van der Waals surface area contributed by atoms with E-state index >= 15 is 0 Å². The molecule has 0 saturated carbocycles. The highest BCUT2D eigenvalue weighted by atomic mass is 19.1. The monoisotopic (exact) mass is 389 g/mol. The Morgan fingerprint density at radius 2 is 1.79 bits per heavy atom. The summed E-state index contributed by atoms with van der Waals surface area (Å²) < 4.78 is 21.6. The summed E-state index contributed by atoms with van der Waals surface area (Å²) in [5, 5.41) is 13.6. The molecule has 8 heteroatoms. The van der Waals surface area contributed by atoms with Gasteiger partial charge in [-0.2, -0.15) is 0 Å². The molecule has 7 nitrogen and oxygen atoms in total. The van der Waals surface area contributed by atoms with Crippen LogP contribution in [0.2, 0.25) is 0 Å². The van der Waals surface area contributed by atoms with Crippen LogP contribution in [0.4, 0.5) is 10.1 Å². The third kappa shape index (κ3) is 4.44. The Hall–Kier alpha value is -4.07. The highest BCUT2D eigenvalue weighted by molar-refractivity contribution is 5.93. The summed E-state index contributed by atoms with van der Waals surface area (Å²) in [5.74, 6) is -0.144. The number of halogens is 1. The predicted molar refractivity (Wildman–Crippen MR) is 104 cm³/mol. The first-order valence-electron chi connectivity index (χ1n) is 8.82. The SMILES string of the molecule is O=C(Cc1ccc(-n2cnnn2)cc1)Nc1c(F)cccc1Oc1ccccc1. The van der Waals surface area contributed by atoms with Gasteiger partial charge >= 0.3 is 0 Å². The number of rotatable bonds is 6. The molecule has 1 aromatic heterocycles. The standard InChI is InChI=1S/C21H16FN5O2/c22-18-7-4-8-19(29-17-5-2-1-3-6-17)21(18)24-20(28)13-15-9-11-16(12-10-15)27-14-23-25-26-27/h1-12,14H,13H2,(H,24,28). The Bertz CT molecular complexity index is 1100. The topological polar surface area (TPSA) is 81.9 Å². The maximum atomic E-state index is 14.3. The van der Waals surface area contributed by atoms with Gasteiger partial charge in [0.2, 0.25) is 5.91 Å². The van der Waals surface area contributed by atoms with Crippen molar-refractivity contribution in [3.05, 3.63) is 90.5 Å². The summed E-state index contributed by atoms with van der Waals surface area (Å²) in [7, 11) is 0. The van der Waals surface area contributed by atoms with E-state index < -0.39 is 5.82 Å². The second-order valence-electron chi connectivity index (χ2n) is 6.17. The minimum absolute atomic E-state index is 0.00617. The number of anilines is 1. The van der Waals surface area contributed by atoms with E-state index in [1.165, 1.54) is 23.1 Å². The molecular formula is C21H16FN5O2. The third-order valence-corrected chi connectivity index (χ3v) is 4.13. The van der Waals surface area contributed by atoms with Gasteiger partial charge in [0.1, 0.15) is 17.8 Å². The molecule has 1 amide bonds. The van der Waals surface area contributed by atoms with Gasteiger partial charge in [0.15, 0.2) is 11.6 Å².